The predicted octanol–water partition coefficient (Wildman–Crippen LogP) is 9.25. The number of para-hydroxylation sites is 2. The van der Waals surface area contributed by atoms with Crippen molar-refractivity contribution >= 4 is 45.6 Å². The molecule has 1 spiro atoms. The number of nitrogens with zero attached hydrogens (tertiary/aromatic N) is 4. The average Bonchev–Trinajstić information content (AvgIpc) is 3.64. The quantitative estimate of drug-likeness (QED) is 0.164. The molecule has 11 rings (SSSR count). The molecule has 0 amide bonds. The summed E-state index contributed by atoms with van der Waals surface area (Å²) in [6.45, 7) is 6.41. The summed E-state index contributed by atoms with van der Waals surface area (Å²) in [4.78, 5) is 15.2. The third kappa shape index (κ3) is 4.98. The SMILES string of the molecule is C=C/C=c1\c2n(c3ccccc13)-c1ccccc1C1(C=2C)c2ccccc2P(=O)(c2ccccc2)c2cc(-c3nc(-c4ccccc4)nc(-c4ccccc4)n3)ccc21. The van der Waals surface area contributed by atoms with Crippen molar-refractivity contribution in [2.75, 3.05) is 0 Å². The van der Waals surface area contributed by atoms with E-state index in [1.165, 1.54) is 0 Å². The van der Waals surface area contributed by atoms with E-state index in [0.29, 0.717) is 17.5 Å². The molecular weight excluding hydrogens is 740 g/mol. The van der Waals surface area contributed by atoms with Crippen molar-refractivity contribution in [3.63, 3.8) is 0 Å². The maximum Gasteiger partial charge on any atom is 0.171 e. The van der Waals surface area contributed by atoms with Crippen LogP contribution in [0.2, 0.25) is 0 Å². The smallest absolute Gasteiger partial charge is 0.171 e. The summed E-state index contributed by atoms with van der Waals surface area (Å²) in [6.07, 6.45) is 4.01. The highest BCUT2D eigenvalue weighted by molar-refractivity contribution is 7.85. The Hall–Kier alpha value is -7.20. The van der Waals surface area contributed by atoms with E-state index in [0.717, 1.165) is 82.0 Å². The lowest BCUT2D eigenvalue weighted by Crippen LogP contribution is -2.52. The number of fused-ring (bicyclic) bond motifs is 10. The van der Waals surface area contributed by atoms with Crippen LogP contribution < -0.4 is 26.5 Å². The minimum absolute atomic E-state index is 0.515. The van der Waals surface area contributed by atoms with Gasteiger partial charge < -0.3 is 9.13 Å². The lowest BCUT2D eigenvalue weighted by molar-refractivity contribution is 0.590. The molecule has 7 aromatic carbocycles. The summed E-state index contributed by atoms with van der Waals surface area (Å²) in [7, 11) is -3.52. The number of hydrogen-bond acceptors (Lipinski definition) is 4. The van der Waals surface area contributed by atoms with Gasteiger partial charge in [0.25, 0.3) is 0 Å². The molecule has 9 aromatic rings. The Kier molecular flexibility index (Phi) is 7.98. The van der Waals surface area contributed by atoms with Crippen molar-refractivity contribution in [2.45, 2.75) is 12.3 Å². The number of benzene rings is 7. The van der Waals surface area contributed by atoms with E-state index in [-0.39, 0.29) is 0 Å². The third-order valence-electron chi connectivity index (χ3n) is 12.1. The molecule has 5 nitrogen and oxygen atoms in total. The van der Waals surface area contributed by atoms with Gasteiger partial charge in [0.2, 0.25) is 0 Å². The minimum atomic E-state index is -3.52. The lowest BCUT2D eigenvalue weighted by Gasteiger charge is -2.47. The Bertz CT molecular complexity index is 3280. The number of aromatic nitrogens is 4. The number of rotatable bonds is 5. The average molecular weight is 777 g/mol. The van der Waals surface area contributed by atoms with E-state index in [4.69, 9.17) is 15.0 Å². The summed E-state index contributed by atoms with van der Waals surface area (Å²) in [5.41, 5.74) is 8.26. The van der Waals surface area contributed by atoms with Crippen LogP contribution in [0.1, 0.15) is 23.6 Å². The molecule has 280 valence electrons. The van der Waals surface area contributed by atoms with E-state index >= 15 is 4.57 Å². The number of hydrogen-bond donors (Lipinski definition) is 0. The van der Waals surface area contributed by atoms with Crippen molar-refractivity contribution in [2.24, 2.45) is 0 Å². The van der Waals surface area contributed by atoms with E-state index in [9.17, 15) is 0 Å². The number of allylic oxidation sites excluding steroid dienone is 1. The first-order valence-corrected chi connectivity index (χ1v) is 21.6. The van der Waals surface area contributed by atoms with Gasteiger partial charge in [-0.15, -0.1) is 0 Å². The van der Waals surface area contributed by atoms with Crippen LogP contribution >= 0.6 is 7.14 Å². The largest absolute Gasteiger partial charge is 0.309 e. The summed E-state index contributed by atoms with van der Waals surface area (Å²) < 4.78 is 19.2. The van der Waals surface area contributed by atoms with Crippen LogP contribution in [-0.2, 0) is 9.98 Å². The van der Waals surface area contributed by atoms with Gasteiger partial charge in [-0.2, -0.15) is 0 Å². The van der Waals surface area contributed by atoms with Gasteiger partial charge in [0.05, 0.1) is 22.0 Å². The van der Waals surface area contributed by atoms with Crippen LogP contribution in [0.4, 0.5) is 0 Å². The van der Waals surface area contributed by atoms with Crippen LogP contribution in [0, 0.1) is 0 Å². The fraction of sp³-hybridized carbons (Fsp3) is 0.0377. The van der Waals surface area contributed by atoms with Gasteiger partial charge in [0.15, 0.2) is 24.6 Å². The molecule has 59 heavy (non-hydrogen) atoms. The van der Waals surface area contributed by atoms with Crippen LogP contribution in [0.25, 0.3) is 62.4 Å². The molecule has 2 unspecified atom stereocenters. The summed E-state index contributed by atoms with van der Waals surface area (Å²) in [5.74, 6) is 1.66. The van der Waals surface area contributed by atoms with Gasteiger partial charge in [-0.25, -0.2) is 15.0 Å². The van der Waals surface area contributed by atoms with Gasteiger partial charge in [-0.3, -0.25) is 0 Å². The molecule has 2 aromatic heterocycles. The minimum Gasteiger partial charge on any atom is -0.309 e. The monoisotopic (exact) mass is 776 g/mol. The molecule has 4 heterocycles. The molecule has 0 bridgehead atoms. The van der Waals surface area contributed by atoms with Gasteiger partial charge >= 0.3 is 0 Å². The van der Waals surface area contributed by atoms with Gasteiger partial charge in [-0.1, -0.05) is 183 Å². The highest BCUT2D eigenvalue weighted by Gasteiger charge is 2.53. The second-order valence-corrected chi connectivity index (χ2v) is 17.8. The Morgan fingerprint density at radius 2 is 1.10 bits per heavy atom. The Labute approximate surface area is 342 Å². The Balaban J connectivity index is 1.29. The standard InChI is InChI=1S/C53H37N4OP/c1-3-19-41-40-26-13-16-29-45(40)57-46-30-17-14-27-42(46)53(35(2)49(41)57)43-28-15-18-31-47(43)59(58,39-24-11-6-12-25-39)48-34-38(32-33-44(48)53)52-55-50(36-20-7-4-8-21-36)54-51(56-52)37-22-9-5-10-23-37/h3-34H,1H2,2H3/b41-19-. The van der Waals surface area contributed by atoms with Gasteiger partial charge in [0, 0.05) is 43.2 Å². The second kappa shape index (κ2) is 13.4. The third-order valence-corrected chi connectivity index (χ3v) is 15.3. The van der Waals surface area contributed by atoms with Gasteiger partial charge in [-0.05, 0) is 47.4 Å². The van der Waals surface area contributed by atoms with E-state index in [1.54, 1.807) is 0 Å². The molecular formula is C53H37N4OP. The Morgan fingerprint density at radius 1 is 0.559 bits per heavy atom. The summed E-state index contributed by atoms with van der Waals surface area (Å²) in [6, 6.07) is 62.1. The molecule has 2 aliphatic heterocycles. The first kappa shape index (κ1) is 35.0. The van der Waals surface area contributed by atoms with Crippen molar-refractivity contribution in [1.29, 1.82) is 0 Å². The molecule has 0 radical (unpaired) electrons. The molecule has 0 N–H and O–H groups in total. The predicted molar refractivity (Wildman–Crippen MR) is 242 cm³/mol. The molecule has 0 saturated heterocycles. The fourth-order valence-electron chi connectivity index (χ4n) is 9.67. The molecule has 0 aliphatic carbocycles. The first-order chi connectivity index (χ1) is 29.0. The topological polar surface area (TPSA) is 60.7 Å². The van der Waals surface area contributed by atoms with Crippen molar-refractivity contribution in [3.05, 3.63) is 222 Å². The van der Waals surface area contributed by atoms with Crippen molar-refractivity contribution < 1.29 is 4.57 Å². The molecule has 0 saturated carbocycles. The zero-order valence-electron chi connectivity index (χ0n) is 32.3. The lowest BCUT2D eigenvalue weighted by atomic mass is 9.63. The maximum atomic E-state index is 16.8. The summed E-state index contributed by atoms with van der Waals surface area (Å²) >= 11 is 0. The fourth-order valence-corrected chi connectivity index (χ4v) is 12.9. The van der Waals surface area contributed by atoms with E-state index < -0.39 is 12.6 Å². The van der Waals surface area contributed by atoms with Crippen LogP contribution in [0.15, 0.2) is 195 Å². The highest BCUT2D eigenvalue weighted by atomic mass is 31.2. The molecule has 2 atom stereocenters. The maximum absolute atomic E-state index is 16.8. The van der Waals surface area contributed by atoms with E-state index in [2.05, 4.69) is 109 Å². The zero-order chi connectivity index (χ0) is 39.7. The highest BCUT2D eigenvalue weighted by Crippen LogP contribution is 2.59. The zero-order valence-corrected chi connectivity index (χ0v) is 33.2. The van der Waals surface area contributed by atoms with Crippen molar-refractivity contribution in [1.82, 2.24) is 19.5 Å². The summed E-state index contributed by atoms with van der Waals surface area (Å²) in [5, 5.41) is 5.76. The van der Waals surface area contributed by atoms with E-state index in [1.807, 2.05) is 103 Å². The second-order valence-electron chi connectivity index (χ2n) is 15.1. The molecule has 0 fully saturated rings. The first-order valence-electron chi connectivity index (χ1n) is 19.8. The van der Waals surface area contributed by atoms with Crippen LogP contribution in [0.5, 0.6) is 0 Å². The van der Waals surface area contributed by atoms with Crippen molar-refractivity contribution in [3.8, 4) is 39.9 Å². The normalized spacial score (nSPS) is 17.9. The molecule has 2 aliphatic rings. The Morgan fingerprint density at radius 3 is 1.78 bits per heavy atom. The van der Waals surface area contributed by atoms with Crippen LogP contribution in [0.3, 0.4) is 0 Å². The molecule has 6 heteroatoms. The van der Waals surface area contributed by atoms with Gasteiger partial charge in [0.1, 0.15) is 0 Å². The van der Waals surface area contributed by atoms with Crippen LogP contribution in [-0.4, -0.2) is 19.5 Å².